The van der Waals surface area contributed by atoms with Gasteiger partial charge in [0.15, 0.2) is 5.82 Å². The van der Waals surface area contributed by atoms with Gasteiger partial charge in [-0.25, -0.2) is 9.97 Å². The van der Waals surface area contributed by atoms with Gasteiger partial charge in [-0.05, 0) is 24.5 Å². The van der Waals surface area contributed by atoms with E-state index in [9.17, 15) is 10.2 Å². The van der Waals surface area contributed by atoms with Crippen LogP contribution in [0.15, 0.2) is 55.2 Å². The summed E-state index contributed by atoms with van der Waals surface area (Å²) in [5.74, 6) is 1.19. The van der Waals surface area contributed by atoms with Crippen molar-refractivity contribution in [3.05, 3.63) is 55.2 Å². The van der Waals surface area contributed by atoms with Crippen LogP contribution >= 0.6 is 0 Å². The number of aryl methyl sites for hydroxylation is 2. The molecule has 0 unspecified atom stereocenters. The Labute approximate surface area is 198 Å². The highest BCUT2D eigenvalue weighted by Gasteiger charge is 2.29. The molecule has 1 aliphatic rings. The Kier molecular flexibility index (Phi) is 6.12. The van der Waals surface area contributed by atoms with E-state index < -0.39 is 12.2 Å². The highest BCUT2D eigenvalue weighted by atomic mass is 16.3. The highest BCUT2D eigenvalue weighted by molar-refractivity contribution is 5.76. The van der Waals surface area contributed by atoms with Gasteiger partial charge in [-0.15, -0.1) is 0 Å². The predicted octanol–water partition coefficient (Wildman–Crippen LogP) is 3.02. The summed E-state index contributed by atoms with van der Waals surface area (Å²) < 4.78 is 3.50. The van der Waals surface area contributed by atoms with E-state index in [1.165, 1.54) is 0 Å². The molecule has 4 aromatic rings. The monoisotopic (exact) mass is 459 g/mol. The second-order valence-electron chi connectivity index (χ2n) is 8.94. The maximum Gasteiger partial charge on any atom is 0.161 e. The Bertz CT molecular complexity index is 1280. The fourth-order valence-electron chi connectivity index (χ4n) is 4.47. The lowest BCUT2D eigenvalue weighted by Gasteiger charge is -2.26. The van der Waals surface area contributed by atoms with Gasteiger partial charge in [-0.2, -0.15) is 10.2 Å². The molecule has 3 aromatic heterocycles. The third-order valence-corrected chi connectivity index (χ3v) is 6.36. The van der Waals surface area contributed by atoms with Crippen LogP contribution in [0.1, 0.15) is 25.7 Å². The number of hydrogen-bond donors (Lipinski definition) is 3. The van der Waals surface area contributed by atoms with Gasteiger partial charge in [-0.3, -0.25) is 9.36 Å². The van der Waals surface area contributed by atoms with E-state index in [0.29, 0.717) is 18.1 Å². The quantitative estimate of drug-likeness (QED) is 0.393. The van der Waals surface area contributed by atoms with Gasteiger partial charge in [0.1, 0.15) is 5.82 Å². The molecular formula is C25H29N7O2. The molecule has 1 aromatic carbocycles. The van der Waals surface area contributed by atoms with Crippen LogP contribution in [0.2, 0.25) is 0 Å². The number of aliphatic hydroxyl groups excluding tert-OH is 2. The lowest BCUT2D eigenvalue weighted by molar-refractivity contribution is 0.00947. The minimum absolute atomic E-state index is 0.308. The molecule has 34 heavy (non-hydrogen) atoms. The third kappa shape index (κ3) is 4.57. The first-order chi connectivity index (χ1) is 16.5. The zero-order chi connectivity index (χ0) is 23.7. The summed E-state index contributed by atoms with van der Waals surface area (Å²) in [4.78, 5) is 9.54. The fourth-order valence-corrected chi connectivity index (χ4v) is 4.47. The molecule has 3 N–H and O–H groups in total. The Morgan fingerprint density at radius 3 is 2.32 bits per heavy atom. The van der Waals surface area contributed by atoms with Crippen molar-refractivity contribution in [3.63, 3.8) is 0 Å². The van der Waals surface area contributed by atoms with Gasteiger partial charge >= 0.3 is 0 Å². The van der Waals surface area contributed by atoms with Gasteiger partial charge in [0.05, 0.1) is 30.6 Å². The molecule has 0 amide bonds. The maximum atomic E-state index is 10.7. The van der Waals surface area contributed by atoms with Crippen LogP contribution in [-0.4, -0.2) is 58.0 Å². The molecule has 1 saturated carbocycles. The number of hydrogen-bond acceptors (Lipinski definition) is 7. The van der Waals surface area contributed by atoms with Crippen LogP contribution in [0, 0.1) is 0 Å². The van der Waals surface area contributed by atoms with Crippen molar-refractivity contribution in [1.82, 2.24) is 29.5 Å². The van der Waals surface area contributed by atoms with Gasteiger partial charge in [0, 0.05) is 54.9 Å². The lowest BCUT2D eigenvalue weighted by atomic mass is 10.0. The number of benzene rings is 1. The standard InChI is InChI=1S/C25H29N7O2/c1-31-14-18(11-27-31)16-6-5-7-17(10-16)24-26-13-20(19-12-28-32(2)15-19)25(30-24)29-21-8-3-4-9-22(33)23(21)34/h5-7,10-15,21-23,33-34H,3-4,8-9H2,1-2H3,(H,26,29,30)/t21-,22+,23-/m0/s1. The van der Waals surface area contributed by atoms with E-state index in [0.717, 1.165) is 47.1 Å². The number of aliphatic hydroxyl groups is 2. The normalized spacial score (nSPS) is 20.8. The smallest absolute Gasteiger partial charge is 0.161 e. The van der Waals surface area contributed by atoms with E-state index in [-0.39, 0.29) is 6.04 Å². The van der Waals surface area contributed by atoms with Gasteiger partial charge in [0.2, 0.25) is 0 Å². The molecule has 0 radical (unpaired) electrons. The summed E-state index contributed by atoms with van der Waals surface area (Å²) in [6.07, 6.45) is 10.8. The molecule has 0 bridgehead atoms. The van der Waals surface area contributed by atoms with E-state index in [1.807, 2.05) is 57.0 Å². The molecule has 9 heteroatoms. The maximum absolute atomic E-state index is 10.7. The SMILES string of the molecule is Cn1cc(-c2cccc(-c3ncc(-c4cnn(C)c4)c(N[C@H]4CCCC[C@@H](O)[C@H]4O)n3)c2)cn1. The van der Waals surface area contributed by atoms with Crippen LogP contribution in [0.3, 0.4) is 0 Å². The summed E-state index contributed by atoms with van der Waals surface area (Å²) in [5.41, 5.74) is 4.60. The molecular weight excluding hydrogens is 430 g/mol. The Morgan fingerprint density at radius 1 is 0.882 bits per heavy atom. The fraction of sp³-hybridized carbons (Fsp3) is 0.360. The van der Waals surface area contributed by atoms with Crippen LogP contribution in [0.5, 0.6) is 0 Å². The largest absolute Gasteiger partial charge is 0.390 e. The number of nitrogens with one attached hydrogen (secondary N) is 1. The van der Waals surface area contributed by atoms with E-state index in [4.69, 9.17) is 4.98 Å². The zero-order valence-electron chi connectivity index (χ0n) is 19.3. The molecule has 176 valence electrons. The second kappa shape index (κ2) is 9.36. The zero-order valence-corrected chi connectivity index (χ0v) is 19.3. The topological polar surface area (TPSA) is 114 Å². The average molecular weight is 460 g/mol. The highest BCUT2D eigenvalue weighted by Crippen LogP contribution is 2.31. The van der Waals surface area contributed by atoms with Crippen molar-refractivity contribution in [1.29, 1.82) is 0 Å². The molecule has 1 fully saturated rings. The molecule has 3 heterocycles. The van der Waals surface area contributed by atoms with Crippen molar-refractivity contribution in [2.75, 3.05) is 5.32 Å². The van der Waals surface area contributed by atoms with Crippen molar-refractivity contribution in [2.45, 2.75) is 43.9 Å². The van der Waals surface area contributed by atoms with Crippen LogP contribution in [0.4, 0.5) is 5.82 Å². The Hall–Kier alpha value is -3.56. The van der Waals surface area contributed by atoms with Gasteiger partial charge < -0.3 is 15.5 Å². The summed E-state index contributed by atoms with van der Waals surface area (Å²) in [6.45, 7) is 0. The summed E-state index contributed by atoms with van der Waals surface area (Å²) in [6, 6.07) is 7.73. The predicted molar refractivity (Wildman–Crippen MR) is 130 cm³/mol. The number of anilines is 1. The summed E-state index contributed by atoms with van der Waals surface area (Å²) in [5, 5.41) is 33.0. The lowest BCUT2D eigenvalue weighted by Crippen LogP contribution is -2.40. The summed E-state index contributed by atoms with van der Waals surface area (Å²) >= 11 is 0. The first-order valence-corrected chi connectivity index (χ1v) is 11.6. The number of rotatable bonds is 5. The molecule has 0 spiro atoms. The molecule has 3 atom stereocenters. The molecule has 5 rings (SSSR count). The first kappa shape index (κ1) is 22.2. The van der Waals surface area contributed by atoms with E-state index in [2.05, 4.69) is 20.5 Å². The number of aromatic nitrogens is 6. The van der Waals surface area contributed by atoms with Crippen LogP contribution < -0.4 is 5.32 Å². The Morgan fingerprint density at radius 2 is 1.59 bits per heavy atom. The number of nitrogens with zero attached hydrogens (tertiary/aromatic N) is 6. The van der Waals surface area contributed by atoms with E-state index in [1.54, 1.807) is 21.8 Å². The first-order valence-electron chi connectivity index (χ1n) is 11.6. The van der Waals surface area contributed by atoms with E-state index >= 15 is 0 Å². The minimum atomic E-state index is -0.864. The van der Waals surface area contributed by atoms with Crippen molar-refractivity contribution < 1.29 is 10.2 Å². The van der Waals surface area contributed by atoms with Crippen molar-refractivity contribution in [2.24, 2.45) is 14.1 Å². The average Bonchev–Trinajstić information content (AvgIpc) is 3.44. The second-order valence-corrected chi connectivity index (χ2v) is 8.94. The van der Waals surface area contributed by atoms with Crippen molar-refractivity contribution >= 4 is 5.82 Å². The Balaban J connectivity index is 1.54. The summed E-state index contributed by atoms with van der Waals surface area (Å²) in [7, 11) is 3.76. The van der Waals surface area contributed by atoms with Crippen molar-refractivity contribution in [3.8, 4) is 33.6 Å². The van der Waals surface area contributed by atoms with Gasteiger partial charge in [-0.1, -0.05) is 31.0 Å². The molecule has 1 aliphatic carbocycles. The van der Waals surface area contributed by atoms with Crippen LogP contribution in [-0.2, 0) is 14.1 Å². The molecule has 0 saturated heterocycles. The third-order valence-electron chi connectivity index (χ3n) is 6.36. The molecule has 9 nitrogen and oxygen atoms in total. The van der Waals surface area contributed by atoms with Gasteiger partial charge in [0.25, 0.3) is 0 Å². The molecule has 0 aliphatic heterocycles. The minimum Gasteiger partial charge on any atom is -0.390 e. The van der Waals surface area contributed by atoms with Crippen LogP contribution in [0.25, 0.3) is 33.6 Å².